The summed E-state index contributed by atoms with van der Waals surface area (Å²) in [5.41, 5.74) is -0.186. The number of hydrazone groups is 1. The van der Waals surface area contributed by atoms with Gasteiger partial charge in [0.05, 0.1) is 11.3 Å². The molecule has 0 spiro atoms. The molecule has 1 heterocycles. The number of carbonyl (C=O) groups excluding carboxylic acids is 1. The first kappa shape index (κ1) is 9.16. The Morgan fingerprint density at radius 2 is 2.00 bits per heavy atom. The van der Waals surface area contributed by atoms with Gasteiger partial charge in [0, 0.05) is 0 Å². The van der Waals surface area contributed by atoms with Crippen LogP contribution in [0.4, 0.5) is 4.39 Å². The second kappa shape index (κ2) is 2.54. The Hall–Kier alpha value is -0.930. The van der Waals surface area contributed by atoms with Gasteiger partial charge in [-0.3, -0.25) is 4.79 Å². The summed E-state index contributed by atoms with van der Waals surface area (Å²) in [5, 5.41) is 5.05. The van der Waals surface area contributed by atoms with E-state index in [-0.39, 0.29) is 5.71 Å². The summed E-state index contributed by atoms with van der Waals surface area (Å²) in [6.07, 6.45) is -1.54. The maximum Gasteiger partial charge on any atom is 0.283 e. The van der Waals surface area contributed by atoms with Gasteiger partial charge in [0.1, 0.15) is 0 Å². The molecule has 1 rings (SSSR count). The Kier molecular flexibility index (Phi) is 1.94. The normalized spacial score (nSPS) is 24.8. The van der Waals surface area contributed by atoms with Gasteiger partial charge < -0.3 is 0 Å². The molecule has 1 aliphatic heterocycles. The SMILES string of the molecule is CC1=NN(C(C)(C)C)C(=O)C1F. The molecule has 0 aromatic carbocycles. The van der Waals surface area contributed by atoms with Gasteiger partial charge in [0.15, 0.2) is 0 Å². The van der Waals surface area contributed by atoms with Crippen molar-refractivity contribution < 1.29 is 9.18 Å². The van der Waals surface area contributed by atoms with Gasteiger partial charge in [0.25, 0.3) is 5.91 Å². The molecule has 1 amide bonds. The van der Waals surface area contributed by atoms with Gasteiger partial charge in [-0.1, -0.05) is 0 Å². The summed E-state index contributed by atoms with van der Waals surface area (Å²) < 4.78 is 13.0. The quantitative estimate of drug-likeness (QED) is 0.542. The first-order valence-corrected chi connectivity index (χ1v) is 3.87. The van der Waals surface area contributed by atoms with Crippen LogP contribution in [0.5, 0.6) is 0 Å². The van der Waals surface area contributed by atoms with E-state index in [1.165, 1.54) is 11.9 Å². The molecule has 68 valence electrons. The van der Waals surface area contributed by atoms with Crippen molar-refractivity contribution in [3.8, 4) is 0 Å². The lowest BCUT2D eigenvalue weighted by atomic mass is 10.1. The number of alkyl halides is 1. The van der Waals surface area contributed by atoms with Crippen LogP contribution in [-0.2, 0) is 4.79 Å². The number of amides is 1. The third-order valence-electron chi connectivity index (χ3n) is 1.69. The third kappa shape index (κ3) is 1.33. The van der Waals surface area contributed by atoms with E-state index in [0.29, 0.717) is 0 Å². The molecular weight excluding hydrogens is 159 g/mol. The highest BCUT2D eigenvalue weighted by Gasteiger charge is 2.39. The van der Waals surface area contributed by atoms with Gasteiger partial charge >= 0.3 is 0 Å². The molecule has 1 unspecified atom stereocenters. The number of rotatable bonds is 0. The summed E-state index contributed by atoms with van der Waals surface area (Å²) in [6.45, 7) is 6.98. The smallest absolute Gasteiger partial charge is 0.269 e. The standard InChI is InChI=1S/C8H13FN2O/c1-5-6(9)7(12)11(10-5)8(2,3)4/h6H,1-4H3. The Labute approximate surface area is 71.2 Å². The van der Waals surface area contributed by atoms with Crippen molar-refractivity contribution in [2.45, 2.75) is 39.4 Å². The van der Waals surface area contributed by atoms with E-state index in [0.717, 1.165) is 0 Å². The van der Waals surface area contributed by atoms with E-state index in [9.17, 15) is 9.18 Å². The van der Waals surface area contributed by atoms with E-state index in [1.54, 1.807) is 0 Å². The second-order valence-electron chi connectivity index (χ2n) is 3.92. The zero-order valence-electron chi connectivity index (χ0n) is 7.76. The minimum Gasteiger partial charge on any atom is -0.269 e. The highest BCUT2D eigenvalue weighted by Crippen LogP contribution is 2.22. The summed E-state index contributed by atoms with van der Waals surface area (Å²) in [4.78, 5) is 11.2. The molecule has 0 radical (unpaired) electrons. The molecule has 0 saturated carbocycles. The first-order chi connectivity index (χ1) is 5.34. The van der Waals surface area contributed by atoms with Crippen molar-refractivity contribution in [2.75, 3.05) is 0 Å². The lowest BCUT2D eigenvalue weighted by molar-refractivity contribution is -0.136. The predicted octanol–water partition coefficient (Wildman–Crippen LogP) is 1.34. The van der Waals surface area contributed by atoms with Gasteiger partial charge in [0.2, 0.25) is 6.17 Å². The van der Waals surface area contributed by atoms with Crippen molar-refractivity contribution in [3.05, 3.63) is 0 Å². The van der Waals surface area contributed by atoms with Crippen LogP contribution in [0.25, 0.3) is 0 Å². The Bertz CT molecular complexity index is 242. The van der Waals surface area contributed by atoms with Crippen LogP contribution in [0.3, 0.4) is 0 Å². The molecule has 1 aliphatic rings. The molecular formula is C8H13FN2O. The third-order valence-corrected chi connectivity index (χ3v) is 1.69. The second-order valence-corrected chi connectivity index (χ2v) is 3.92. The fourth-order valence-corrected chi connectivity index (χ4v) is 1.02. The predicted molar refractivity (Wildman–Crippen MR) is 44.6 cm³/mol. The Morgan fingerprint density at radius 1 is 1.50 bits per heavy atom. The number of carbonyl (C=O) groups is 1. The average Bonchev–Trinajstić information content (AvgIpc) is 2.15. The largest absolute Gasteiger partial charge is 0.283 e. The maximum atomic E-state index is 13.0. The first-order valence-electron chi connectivity index (χ1n) is 3.87. The maximum absolute atomic E-state index is 13.0. The number of halogens is 1. The van der Waals surface area contributed by atoms with Crippen molar-refractivity contribution in [2.24, 2.45) is 5.10 Å². The van der Waals surface area contributed by atoms with E-state index >= 15 is 0 Å². The number of hydrogen-bond donors (Lipinski definition) is 0. The topological polar surface area (TPSA) is 32.7 Å². The zero-order chi connectivity index (χ0) is 9.52. The van der Waals surface area contributed by atoms with Crippen molar-refractivity contribution in [3.63, 3.8) is 0 Å². The van der Waals surface area contributed by atoms with Crippen LogP contribution in [0.2, 0.25) is 0 Å². The average molecular weight is 172 g/mol. The molecule has 3 nitrogen and oxygen atoms in total. The van der Waals surface area contributed by atoms with Gasteiger partial charge in [-0.2, -0.15) is 5.10 Å². The van der Waals surface area contributed by atoms with E-state index in [2.05, 4.69) is 5.10 Å². The Balaban J connectivity index is 2.91. The summed E-state index contributed by atoms with van der Waals surface area (Å²) in [5.74, 6) is -0.556. The van der Waals surface area contributed by atoms with E-state index in [1.807, 2.05) is 20.8 Å². The van der Waals surface area contributed by atoms with Crippen LogP contribution >= 0.6 is 0 Å². The number of nitrogens with zero attached hydrogens (tertiary/aromatic N) is 2. The van der Waals surface area contributed by atoms with Crippen LogP contribution in [0.15, 0.2) is 5.10 Å². The molecule has 12 heavy (non-hydrogen) atoms. The number of hydrogen-bond acceptors (Lipinski definition) is 2. The molecule has 0 aliphatic carbocycles. The van der Waals surface area contributed by atoms with Crippen LogP contribution in [0, 0.1) is 0 Å². The van der Waals surface area contributed by atoms with Gasteiger partial charge in [-0.25, -0.2) is 9.40 Å². The van der Waals surface area contributed by atoms with Crippen molar-refractivity contribution in [1.29, 1.82) is 0 Å². The fourth-order valence-electron chi connectivity index (χ4n) is 1.02. The molecule has 0 fully saturated rings. The molecule has 1 atom stereocenters. The summed E-state index contributed by atoms with van der Waals surface area (Å²) in [6, 6.07) is 0. The van der Waals surface area contributed by atoms with Crippen LogP contribution in [0.1, 0.15) is 27.7 Å². The lowest BCUT2D eigenvalue weighted by Gasteiger charge is -2.27. The van der Waals surface area contributed by atoms with Crippen molar-refractivity contribution in [1.82, 2.24) is 5.01 Å². The van der Waals surface area contributed by atoms with E-state index in [4.69, 9.17) is 0 Å². The van der Waals surface area contributed by atoms with Gasteiger partial charge in [-0.15, -0.1) is 0 Å². The van der Waals surface area contributed by atoms with Crippen LogP contribution in [-0.4, -0.2) is 28.3 Å². The van der Waals surface area contributed by atoms with Crippen LogP contribution < -0.4 is 0 Å². The molecule has 0 bridgehead atoms. The summed E-state index contributed by atoms with van der Waals surface area (Å²) >= 11 is 0. The monoisotopic (exact) mass is 172 g/mol. The molecule has 4 heteroatoms. The van der Waals surface area contributed by atoms with E-state index < -0.39 is 17.6 Å². The van der Waals surface area contributed by atoms with Gasteiger partial charge in [-0.05, 0) is 27.7 Å². The molecule has 0 aromatic heterocycles. The minimum atomic E-state index is -1.54. The van der Waals surface area contributed by atoms with Crippen molar-refractivity contribution >= 4 is 11.6 Å². The molecule has 0 aromatic rings. The summed E-state index contributed by atoms with van der Waals surface area (Å²) in [7, 11) is 0. The highest BCUT2D eigenvalue weighted by molar-refractivity contribution is 6.09. The fraction of sp³-hybridized carbons (Fsp3) is 0.750. The molecule has 0 N–H and O–H groups in total. The molecule has 0 saturated heterocycles. The zero-order valence-corrected chi connectivity index (χ0v) is 7.76. The minimum absolute atomic E-state index is 0.245. The lowest BCUT2D eigenvalue weighted by Crippen LogP contribution is -2.41. The highest BCUT2D eigenvalue weighted by atomic mass is 19.1. The Morgan fingerprint density at radius 3 is 2.17 bits per heavy atom.